The molecule has 1 N–H and O–H groups in total. The second-order valence-corrected chi connectivity index (χ2v) is 8.59. The van der Waals surface area contributed by atoms with Crippen LogP contribution in [0.5, 0.6) is 0 Å². The zero-order chi connectivity index (χ0) is 22.2. The van der Waals surface area contributed by atoms with Gasteiger partial charge in [0.15, 0.2) is 0 Å². The normalized spacial score (nSPS) is 25.2. The predicted molar refractivity (Wildman–Crippen MR) is 109 cm³/mol. The Hall–Kier alpha value is -2.39. The van der Waals surface area contributed by atoms with E-state index in [1.54, 1.807) is 4.90 Å². The Labute approximate surface area is 179 Å². The first-order valence-electron chi connectivity index (χ1n) is 10.6. The minimum absolute atomic E-state index is 0.0127. The van der Waals surface area contributed by atoms with Gasteiger partial charge in [0.25, 0.3) is 5.91 Å². The number of likely N-dealkylation sites (tertiary alicyclic amines) is 2. The van der Waals surface area contributed by atoms with Crippen molar-refractivity contribution in [1.82, 2.24) is 19.6 Å². The Morgan fingerprint density at radius 2 is 1.97 bits per heavy atom. The average Bonchev–Trinajstić information content (AvgIpc) is 3.44. The first-order valence-corrected chi connectivity index (χ1v) is 10.6. The molecule has 1 amide bonds. The van der Waals surface area contributed by atoms with Gasteiger partial charge in [0.2, 0.25) is 0 Å². The fraction of sp³-hybridized carbons (Fsp3) is 0.545. The first kappa shape index (κ1) is 21.8. The highest BCUT2D eigenvalue weighted by Crippen LogP contribution is 2.31. The standard InChI is InChI=1S/C22H27F3N4O2/c1-15-11-28(12-17(14-30)20(15)27-7-2-3-8-27)21(31)16-10-26-29(13-16)19-6-4-5-18(9-19)22(23,24)25/h4-6,9-10,13,15,17,20,30H,2-3,7-8,11-12,14H2,1H3. The minimum Gasteiger partial charge on any atom is -0.396 e. The zero-order valence-corrected chi connectivity index (χ0v) is 17.4. The maximum atomic E-state index is 13.1. The number of carbonyl (C=O) groups is 1. The number of aliphatic hydroxyl groups is 1. The Bertz CT molecular complexity index is 923. The fourth-order valence-electron chi connectivity index (χ4n) is 5.00. The Balaban J connectivity index is 1.50. The van der Waals surface area contributed by atoms with Gasteiger partial charge in [0.05, 0.1) is 23.0 Å². The number of hydrogen-bond acceptors (Lipinski definition) is 4. The third kappa shape index (κ3) is 4.48. The van der Waals surface area contributed by atoms with Crippen LogP contribution in [0.25, 0.3) is 5.69 Å². The number of alkyl halides is 3. The summed E-state index contributed by atoms with van der Waals surface area (Å²) in [6, 6.07) is 5.09. The second-order valence-electron chi connectivity index (χ2n) is 8.59. The van der Waals surface area contributed by atoms with E-state index in [9.17, 15) is 23.1 Å². The van der Waals surface area contributed by atoms with E-state index in [0.29, 0.717) is 18.7 Å². The number of carbonyl (C=O) groups excluding carboxylic acids is 1. The SMILES string of the molecule is CC1CN(C(=O)c2cnn(-c3cccc(C(F)(F)F)c3)c2)CC(CO)C1N1CCCC1. The molecule has 0 aliphatic carbocycles. The van der Waals surface area contributed by atoms with Crippen molar-refractivity contribution in [2.24, 2.45) is 11.8 Å². The molecule has 1 aromatic heterocycles. The molecule has 168 valence electrons. The quantitative estimate of drug-likeness (QED) is 0.801. The van der Waals surface area contributed by atoms with Crippen LogP contribution < -0.4 is 0 Å². The molecule has 4 rings (SSSR count). The van der Waals surface area contributed by atoms with Gasteiger partial charge in [-0.25, -0.2) is 4.68 Å². The fourth-order valence-corrected chi connectivity index (χ4v) is 5.00. The number of nitrogens with zero attached hydrogens (tertiary/aromatic N) is 4. The number of hydrogen-bond donors (Lipinski definition) is 1. The number of amides is 1. The van der Waals surface area contributed by atoms with Crippen molar-refractivity contribution in [3.8, 4) is 5.69 Å². The summed E-state index contributed by atoms with van der Waals surface area (Å²) in [7, 11) is 0. The van der Waals surface area contributed by atoms with Crippen LogP contribution in [0.15, 0.2) is 36.7 Å². The molecule has 0 spiro atoms. The van der Waals surface area contributed by atoms with E-state index in [0.717, 1.165) is 25.2 Å². The molecule has 6 nitrogen and oxygen atoms in total. The van der Waals surface area contributed by atoms with Gasteiger partial charge in [-0.3, -0.25) is 9.69 Å². The van der Waals surface area contributed by atoms with E-state index in [-0.39, 0.29) is 36.1 Å². The monoisotopic (exact) mass is 436 g/mol. The Morgan fingerprint density at radius 3 is 2.65 bits per heavy atom. The van der Waals surface area contributed by atoms with Crippen LogP contribution >= 0.6 is 0 Å². The number of aliphatic hydroxyl groups excluding tert-OH is 1. The van der Waals surface area contributed by atoms with Gasteiger partial charge in [0, 0.05) is 37.9 Å². The molecule has 2 aliphatic heterocycles. The topological polar surface area (TPSA) is 61.6 Å². The van der Waals surface area contributed by atoms with Crippen molar-refractivity contribution in [3.05, 3.63) is 47.8 Å². The van der Waals surface area contributed by atoms with E-state index in [1.165, 1.54) is 42.0 Å². The second kappa shape index (κ2) is 8.63. The van der Waals surface area contributed by atoms with Crippen molar-refractivity contribution in [2.45, 2.75) is 32.0 Å². The van der Waals surface area contributed by atoms with Crippen LogP contribution in [-0.2, 0) is 6.18 Å². The molecule has 3 atom stereocenters. The zero-order valence-electron chi connectivity index (χ0n) is 17.4. The van der Waals surface area contributed by atoms with Crippen LogP contribution in [0.2, 0.25) is 0 Å². The van der Waals surface area contributed by atoms with Gasteiger partial charge < -0.3 is 10.0 Å². The van der Waals surface area contributed by atoms with E-state index in [4.69, 9.17) is 0 Å². The smallest absolute Gasteiger partial charge is 0.396 e. The number of benzene rings is 1. The van der Waals surface area contributed by atoms with Crippen molar-refractivity contribution >= 4 is 5.91 Å². The summed E-state index contributed by atoms with van der Waals surface area (Å²) in [5.41, 5.74) is -0.207. The van der Waals surface area contributed by atoms with E-state index >= 15 is 0 Å². The molecule has 1 aromatic carbocycles. The van der Waals surface area contributed by atoms with Crippen LogP contribution in [0, 0.1) is 11.8 Å². The summed E-state index contributed by atoms with van der Waals surface area (Å²) in [6.45, 7) is 5.21. The predicted octanol–water partition coefficient (Wildman–Crippen LogP) is 3.06. The number of piperidine rings is 1. The molecule has 3 heterocycles. The summed E-state index contributed by atoms with van der Waals surface area (Å²) >= 11 is 0. The molecule has 0 bridgehead atoms. The highest BCUT2D eigenvalue weighted by Gasteiger charge is 2.40. The van der Waals surface area contributed by atoms with E-state index in [2.05, 4.69) is 16.9 Å². The maximum Gasteiger partial charge on any atom is 0.416 e. The lowest BCUT2D eigenvalue weighted by Gasteiger charge is -2.46. The lowest BCUT2D eigenvalue weighted by molar-refractivity contribution is -0.137. The molecule has 2 fully saturated rings. The summed E-state index contributed by atoms with van der Waals surface area (Å²) in [5, 5.41) is 14.1. The van der Waals surface area contributed by atoms with Crippen LogP contribution in [-0.4, -0.2) is 69.4 Å². The molecule has 9 heteroatoms. The lowest BCUT2D eigenvalue weighted by atomic mass is 9.83. The summed E-state index contributed by atoms with van der Waals surface area (Å²) in [4.78, 5) is 17.3. The summed E-state index contributed by atoms with van der Waals surface area (Å²) in [5.74, 6) is -0.0285. The lowest BCUT2D eigenvalue weighted by Crippen LogP contribution is -2.57. The molecule has 0 radical (unpaired) electrons. The maximum absolute atomic E-state index is 13.1. The van der Waals surface area contributed by atoms with Gasteiger partial charge >= 0.3 is 6.18 Å². The summed E-state index contributed by atoms with van der Waals surface area (Å²) in [6.07, 6.45) is 0.727. The Morgan fingerprint density at radius 1 is 1.23 bits per heavy atom. The molecule has 31 heavy (non-hydrogen) atoms. The van der Waals surface area contributed by atoms with Crippen LogP contribution in [0.4, 0.5) is 13.2 Å². The van der Waals surface area contributed by atoms with Crippen molar-refractivity contribution in [2.75, 3.05) is 32.8 Å². The van der Waals surface area contributed by atoms with Gasteiger partial charge in [0.1, 0.15) is 0 Å². The average molecular weight is 436 g/mol. The third-order valence-corrected chi connectivity index (χ3v) is 6.38. The number of halogens is 3. The van der Waals surface area contributed by atoms with Gasteiger partial charge in [-0.2, -0.15) is 18.3 Å². The molecule has 3 unspecified atom stereocenters. The largest absolute Gasteiger partial charge is 0.416 e. The highest BCUT2D eigenvalue weighted by molar-refractivity contribution is 5.94. The highest BCUT2D eigenvalue weighted by atomic mass is 19.4. The van der Waals surface area contributed by atoms with Crippen LogP contribution in [0.1, 0.15) is 35.7 Å². The molecule has 2 aromatic rings. The van der Waals surface area contributed by atoms with Gasteiger partial charge in [-0.05, 0) is 50.0 Å². The van der Waals surface area contributed by atoms with Crippen molar-refractivity contribution in [1.29, 1.82) is 0 Å². The molecule has 2 saturated heterocycles. The number of rotatable bonds is 4. The van der Waals surface area contributed by atoms with Crippen molar-refractivity contribution in [3.63, 3.8) is 0 Å². The van der Waals surface area contributed by atoms with E-state index < -0.39 is 11.7 Å². The van der Waals surface area contributed by atoms with Crippen molar-refractivity contribution < 1.29 is 23.1 Å². The molecular formula is C22H27F3N4O2. The molecule has 0 saturated carbocycles. The van der Waals surface area contributed by atoms with Gasteiger partial charge in [-0.15, -0.1) is 0 Å². The number of aromatic nitrogens is 2. The third-order valence-electron chi connectivity index (χ3n) is 6.38. The summed E-state index contributed by atoms with van der Waals surface area (Å²) < 4.78 is 40.3. The van der Waals surface area contributed by atoms with Crippen LogP contribution in [0.3, 0.4) is 0 Å². The molecular weight excluding hydrogens is 409 g/mol. The molecule has 2 aliphatic rings. The van der Waals surface area contributed by atoms with Gasteiger partial charge in [-0.1, -0.05) is 13.0 Å². The minimum atomic E-state index is -4.45. The Kier molecular flexibility index (Phi) is 6.07. The van der Waals surface area contributed by atoms with E-state index in [1.807, 2.05) is 0 Å². The first-order chi connectivity index (χ1) is 14.8.